The van der Waals surface area contributed by atoms with E-state index in [0.717, 1.165) is 0 Å². The predicted octanol–water partition coefficient (Wildman–Crippen LogP) is 0.869. The lowest BCUT2D eigenvalue weighted by Crippen LogP contribution is -2.29. The Morgan fingerprint density at radius 3 is 2.00 bits per heavy atom. The Morgan fingerprint density at radius 1 is 1.40 bits per heavy atom. The van der Waals surface area contributed by atoms with Crippen molar-refractivity contribution in [3.63, 3.8) is 0 Å². The molecule has 0 aliphatic carbocycles. The van der Waals surface area contributed by atoms with E-state index < -0.39 is 6.09 Å². The van der Waals surface area contributed by atoms with Gasteiger partial charge in [0.15, 0.2) is 0 Å². The molecular weight excluding hydrogens is 138 g/mol. The van der Waals surface area contributed by atoms with Crippen LogP contribution in [-0.2, 0) is 9.68 Å². The molecule has 0 bridgehead atoms. The molecule has 0 aromatic heterocycles. The normalized spacial score (nSPS) is 9.40. The zero-order valence-corrected chi connectivity index (χ0v) is 6.03. The topological polar surface area (TPSA) is 59.0 Å². The quantitative estimate of drug-likeness (QED) is 0.602. The summed E-state index contributed by atoms with van der Waals surface area (Å²) >= 11 is 0. The molecule has 0 aliphatic heterocycles. The number of hydroxylamine groups is 2. The summed E-state index contributed by atoms with van der Waals surface area (Å²) in [6.07, 6.45) is -1.25. The highest BCUT2D eigenvalue weighted by Gasteiger charge is 2.10. The van der Waals surface area contributed by atoms with Crippen molar-refractivity contribution in [2.24, 2.45) is 0 Å². The fraction of sp³-hybridized carbons (Fsp3) is 0.800. The van der Waals surface area contributed by atoms with Crippen molar-refractivity contribution in [2.45, 2.75) is 13.8 Å². The van der Waals surface area contributed by atoms with Gasteiger partial charge in [0.25, 0.3) is 0 Å². The van der Waals surface area contributed by atoms with Gasteiger partial charge in [-0.15, -0.1) is 0 Å². The third-order valence-corrected chi connectivity index (χ3v) is 0.649. The minimum absolute atomic E-state index is 0.270. The maximum Gasteiger partial charge on any atom is 0.457 e. The molecular formula is C5H11NO4. The SMILES string of the molecule is CCON(OCC)C(=O)O. The second kappa shape index (κ2) is 5.01. The molecule has 0 saturated carbocycles. The van der Waals surface area contributed by atoms with E-state index in [-0.39, 0.29) is 13.2 Å². The van der Waals surface area contributed by atoms with Crippen molar-refractivity contribution in [3.8, 4) is 0 Å². The van der Waals surface area contributed by atoms with Gasteiger partial charge in [-0.2, -0.15) is 0 Å². The van der Waals surface area contributed by atoms with Gasteiger partial charge in [-0.1, -0.05) is 0 Å². The smallest absolute Gasteiger partial charge is 0.457 e. The lowest BCUT2D eigenvalue weighted by Gasteiger charge is -2.14. The van der Waals surface area contributed by atoms with Crippen LogP contribution in [0.15, 0.2) is 0 Å². The highest BCUT2D eigenvalue weighted by atomic mass is 17.0. The summed E-state index contributed by atoms with van der Waals surface area (Å²) in [6, 6.07) is 0. The van der Waals surface area contributed by atoms with Crippen LogP contribution in [0.4, 0.5) is 4.79 Å². The van der Waals surface area contributed by atoms with Crippen molar-refractivity contribution in [2.75, 3.05) is 13.2 Å². The Hall–Kier alpha value is -0.810. The standard InChI is InChI=1S/C5H11NO4/c1-3-9-6(5(7)8)10-4-2/h3-4H2,1-2H3,(H,7,8). The van der Waals surface area contributed by atoms with Crippen LogP contribution in [0, 0.1) is 0 Å². The Bertz CT molecular complexity index is 99.8. The van der Waals surface area contributed by atoms with Crippen LogP contribution < -0.4 is 0 Å². The van der Waals surface area contributed by atoms with Gasteiger partial charge >= 0.3 is 6.09 Å². The fourth-order valence-electron chi connectivity index (χ4n) is 0.382. The molecule has 0 aromatic carbocycles. The summed E-state index contributed by atoms with van der Waals surface area (Å²) in [5.41, 5.74) is 0. The summed E-state index contributed by atoms with van der Waals surface area (Å²) in [7, 11) is 0. The first kappa shape index (κ1) is 9.19. The number of rotatable bonds is 4. The largest absolute Gasteiger partial charge is 0.462 e. The van der Waals surface area contributed by atoms with E-state index in [2.05, 4.69) is 9.68 Å². The molecule has 10 heavy (non-hydrogen) atoms. The maximum atomic E-state index is 10.2. The first-order chi connectivity index (χ1) is 4.72. The molecule has 0 rings (SSSR count). The van der Waals surface area contributed by atoms with E-state index in [0.29, 0.717) is 5.23 Å². The van der Waals surface area contributed by atoms with Crippen molar-refractivity contribution in [1.29, 1.82) is 0 Å². The lowest BCUT2D eigenvalue weighted by molar-refractivity contribution is -0.330. The number of carboxylic acid groups (broad SMARTS) is 1. The van der Waals surface area contributed by atoms with Crippen molar-refractivity contribution < 1.29 is 19.6 Å². The summed E-state index contributed by atoms with van der Waals surface area (Å²) < 4.78 is 0. The van der Waals surface area contributed by atoms with Crippen LogP contribution in [-0.4, -0.2) is 29.6 Å². The van der Waals surface area contributed by atoms with E-state index >= 15 is 0 Å². The average molecular weight is 149 g/mol. The van der Waals surface area contributed by atoms with Gasteiger partial charge in [-0.25, -0.2) is 14.5 Å². The monoisotopic (exact) mass is 149 g/mol. The minimum Gasteiger partial charge on any atom is -0.462 e. The third-order valence-electron chi connectivity index (χ3n) is 0.649. The highest BCUT2D eigenvalue weighted by molar-refractivity contribution is 5.62. The van der Waals surface area contributed by atoms with E-state index in [4.69, 9.17) is 5.11 Å². The molecule has 0 heterocycles. The molecule has 0 atom stereocenters. The Morgan fingerprint density at radius 2 is 1.80 bits per heavy atom. The molecule has 1 amide bonds. The highest BCUT2D eigenvalue weighted by Crippen LogP contribution is 1.91. The Balaban J connectivity index is 3.61. The first-order valence-corrected chi connectivity index (χ1v) is 3.01. The van der Waals surface area contributed by atoms with E-state index in [1.165, 1.54) is 0 Å². The molecule has 5 nitrogen and oxygen atoms in total. The molecule has 0 aromatic rings. The van der Waals surface area contributed by atoms with Crippen LogP contribution >= 0.6 is 0 Å². The maximum absolute atomic E-state index is 10.2. The Kier molecular flexibility index (Phi) is 4.61. The van der Waals surface area contributed by atoms with Gasteiger partial charge in [0.05, 0.1) is 13.2 Å². The second-order valence-electron chi connectivity index (χ2n) is 1.38. The molecule has 0 aliphatic rings. The summed E-state index contributed by atoms with van der Waals surface area (Å²) in [6.45, 7) is 3.89. The number of amides is 1. The average Bonchev–Trinajstić information content (AvgIpc) is 1.87. The fourth-order valence-corrected chi connectivity index (χ4v) is 0.382. The Labute approximate surface area is 59.0 Å². The van der Waals surface area contributed by atoms with Crippen LogP contribution in [0.5, 0.6) is 0 Å². The first-order valence-electron chi connectivity index (χ1n) is 3.01. The molecule has 0 radical (unpaired) electrons. The summed E-state index contributed by atoms with van der Waals surface area (Å²) in [5.74, 6) is 0. The van der Waals surface area contributed by atoms with Gasteiger partial charge in [-0.3, -0.25) is 0 Å². The van der Waals surface area contributed by atoms with Gasteiger partial charge in [0.1, 0.15) is 0 Å². The van der Waals surface area contributed by atoms with Crippen LogP contribution in [0.2, 0.25) is 0 Å². The van der Waals surface area contributed by atoms with Crippen molar-refractivity contribution in [3.05, 3.63) is 0 Å². The zero-order valence-electron chi connectivity index (χ0n) is 6.03. The van der Waals surface area contributed by atoms with E-state index in [9.17, 15) is 4.79 Å². The molecule has 0 fully saturated rings. The summed E-state index contributed by atoms with van der Waals surface area (Å²) in [4.78, 5) is 19.3. The molecule has 0 spiro atoms. The zero-order chi connectivity index (χ0) is 7.98. The van der Waals surface area contributed by atoms with E-state index in [1.54, 1.807) is 13.8 Å². The van der Waals surface area contributed by atoms with Gasteiger partial charge < -0.3 is 5.11 Å². The lowest BCUT2D eigenvalue weighted by atomic mass is 10.9. The molecule has 0 unspecified atom stereocenters. The molecule has 60 valence electrons. The van der Waals surface area contributed by atoms with Gasteiger partial charge in [0.2, 0.25) is 0 Å². The number of nitrogens with zero attached hydrogens (tertiary/aromatic N) is 1. The van der Waals surface area contributed by atoms with Gasteiger partial charge in [-0.05, 0) is 19.1 Å². The number of hydrogen-bond acceptors (Lipinski definition) is 3. The van der Waals surface area contributed by atoms with E-state index in [1.807, 2.05) is 0 Å². The predicted molar refractivity (Wildman–Crippen MR) is 33.1 cm³/mol. The summed E-state index contributed by atoms with van der Waals surface area (Å²) in [5, 5.41) is 8.76. The van der Waals surface area contributed by atoms with Crippen molar-refractivity contribution >= 4 is 6.09 Å². The van der Waals surface area contributed by atoms with Crippen LogP contribution in [0.3, 0.4) is 0 Å². The van der Waals surface area contributed by atoms with Gasteiger partial charge in [0, 0.05) is 0 Å². The molecule has 0 saturated heterocycles. The second-order valence-corrected chi connectivity index (χ2v) is 1.38. The van der Waals surface area contributed by atoms with Crippen LogP contribution in [0.1, 0.15) is 13.8 Å². The number of carbonyl (C=O) groups is 1. The van der Waals surface area contributed by atoms with Crippen LogP contribution in [0.25, 0.3) is 0 Å². The minimum atomic E-state index is -1.25. The molecule has 1 N–H and O–H groups in total. The van der Waals surface area contributed by atoms with Crippen molar-refractivity contribution in [1.82, 2.24) is 5.23 Å². The number of hydrogen-bond donors (Lipinski definition) is 1. The third kappa shape index (κ3) is 3.26. The molecule has 5 heteroatoms.